The van der Waals surface area contributed by atoms with Crippen LogP contribution in [0.2, 0.25) is 0 Å². The van der Waals surface area contributed by atoms with Crippen LogP contribution in [-0.2, 0) is 0 Å². The molecule has 1 aromatic rings. The molecule has 1 aromatic carbocycles. The number of hydrogen-bond donors (Lipinski definition) is 2. The molecule has 0 aliphatic heterocycles. The molecule has 1 saturated carbocycles. The summed E-state index contributed by atoms with van der Waals surface area (Å²) >= 11 is 0. The van der Waals surface area contributed by atoms with Crippen LogP contribution in [0.25, 0.3) is 0 Å². The van der Waals surface area contributed by atoms with Crippen molar-refractivity contribution in [1.82, 2.24) is 0 Å². The summed E-state index contributed by atoms with van der Waals surface area (Å²) < 4.78 is 25.5. The molecule has 1 aliphatic rings. The van der Waals surface area contributed by atoms with E-state index in [4.69, 9.17) is 5.73 Å². The normalized spacial score (nSPS) is 28.6. The molecule has 4 heteroatoms. The molecule has 0 bridgehead atoms. The van der Waals surface area contributed by atoms with E-state index in [0.717, 1.165) is 25.7 Å². The maximum atomic E-state index is 12.8. The standard InChI is InChI=1S/C16H23F2NO/c1-11-5-7-16(10-19,8-6-11)14(20)12-3-2-4-13(9-12)15(17)18/h2-4,9,11,14-15,20H,5-8,10,19H2,1H3. The van der Waals surface area contributed by atoms with Gasteiger partial charge in [-0.15, -0.1) is 0 Å². The second kappa shape index (κ2) is 6.19. The highest BCUT2D eigenvalue weighted by Gasteiger charge is 2.40. The average molecular weight is 283 g/mol. The van der Waals surface area contributed by atoms with Crippen LogP contribution >= 0.6 is 0 Å². The van der Waals surface area contributed by atoms with Gasteiger partial charge in [-0.2, -0.15) is 0 Å². The third-order valence-corrected chi connectivity index (χ3v) is 4.74. The molecular weight excluding hydrogens is 260 g/mol. The molecule has 1 atom stereocenters. The van der Waals surface area contributed by atoms with Crippen LogP contribution in [0.15, 0.2) is 24.3 Å². The van der Waals surface area contributed by atoms with Gasteiger partial charge in [-0.05, 0) is 30.4 Å². The molecule has 112 valence electrons. The van der Waals surface area contributed by atoms with E-state index in [1.54, 1.807) is 12.1 Å². The fourth-order valence-corrected chi connectivity index (χ4v) is 3.14. The Morgan fingerprint density at radius 3 is 2.45 bits per heavy atom. The molecule has 0 heterocycles. The van der Waals surface area contributed by atoms with E-state index in [0.29, 0.717) is 18.0 Å². The molecule has 20 heavy (non-hydrogen) atoms. The Labute approximate surface area is 119 Å². The Hall–Kier alpha value is -1.00. The van der Waals surface area contributed by atoms with Crippen molar-refractivity contribution >= 4 is 0 Å². The lowest BCUT2D eigenvalue weighted by atomic mass is 9.66. The van der Waals surface area contributed by atoms with Crippen molar-refractivity contribution in [1.29, 1.82) is 0 Å². The molecule has 1 fully saturated rings. The number of nitrogens with two attached hydrogens (primary N) is 1. The number of rotatable bonds is 4. The predicted octanol–water partition coefficient (Wildman–Crippen LogP) is 3.81. The van der Waals surface area contributed by atoms with Gasteiger partial charge in [0.2, 0.25) is 0 Å². The van der Waals surface area contributed by atoms with Crippen LogP contribution in [0.4, 0.5) is 8.78 Å². The molecule has 0 aromatic heterocycles. The second-order valence-electron chi connectivity index (χ2n) is 6.12. The third kappa shape index (κ3) is 3.01. The highest BCUT2D eigenvalue weighted by Crippen LogP contribution is 2.47. The first-order valence-corrected chi connectivity index (χ1v) is 7.24. The van der Waals surface area contributed by atoms with Crippen LogP contribution < -0.4 is 5.73 Å². The molecule has 2 rings (SSSR count). The number of aliphatic hydroxyl groups is 1. The lowest BCUT2D eigenvalue weighted by Gasteiger charge is -2.42. The van der Waals surface area contributed by atoms with E-state index in [2.05, 4.69) is 6.92 Å². The SMILES string of the molecule is CC1CCC(CN)(C(O)c2cccc(C(F)F)c2)CC1. The zero-order chi connectivity index (χ0) is 14.8. The lowest BCUT2D eigenvalue weighted by molar-refractivity contribution is -0.00835. The van der Waals surface area contributed by atoms with E-state index in [-0.39, 0.29) is 11.0 Å². The Bertz CT molecular complexity index is 442. The third-order valence-electron chi connectivity index (χ3n) is 4.74. The van der Waals surface area contributed by atoms with Gasteiger partial charge in [-0.25, -0.2) is 8.78 Å². The van der Waals surface area contributed by atoms with E-state index in [1.165, 1.54) is 12.1 Å². The van der Waals surface area contributed by atoms with Gasteiger partial charge in [0.25, 0.3) is 6.43 Å². The minimum absolute atomic E-state index is 0.0436. The fraction of sp³-hybridized carbons (Fsp3) is 0.625. The van der Waals surface area contributed by atoms with E-state index >= 15 is 0 Å². The maximum absolute atomic E-state index is 12.8. The van der Waals surface area contributed by atoms with Gasteiger partial charge in [0.1, 0.15) is 0 Å². The zero-order valence-electron chi connectivity index (χ0n) is 11.9. The van der Waals surface area contributed by atoms with Gasteiger partial charge in [0.05, 0.1) is 6.10 Å². The first-order chi connectivity index (χ1) is 9.48. The Balaban J connectivity index is 2.24. The average Bonchev–Trinajstić information content (AvgIpc) is 2.48. The second-order valence-corrected chi connectivity index (χ2v) is 6.12. The summed E-state index contributed by atoms with van der Waals surface area (Å²) in [6, 6.07) is 6.09. The largest absolute Gasteiger partial charge is 0.388 e. The summed E-state index contributed by atoms with van der Waals surface area (Å²) in [5, 5.41) is 10.7. The van der Waals surface area contributed by atoms with Gasteiger partial charge in [-0.3, -0.25) is 0 Å². The summed E-state index contributed by atoms with van der Waals surface area (Å²) in [7, 11) is 0. The van der Waals surface area contributed by atoms with Gasteiger partial charge < -0.3 is 10.8 Å². The number of halogens is 2. The Morgan fingerprint density at radius 2 is 1.90 bits per heavy atom. The van der Waals surface area contributed by atoms with Crippen LogP contribution in [0, 0.1) is 11.3 Å². The summed E-state index contributed by atoms with van der Waals surface area (Å²) in [5.74, 6) is 0.647. The number of alkyl halides is 2. The van der Waals surface area contributed by atoms with Crippen LogP contribution in [0.1, 0.15) is 56.3 Å². The van der Waals surface area contributed by atoms with Crippen molar-refractivity contribution in [2.24, 2.45) is 17.1 Å². The van der Waals surface area contributed by atoms with Crippen molar-refractivity contribution in [3.05, 3.63) is 35.4 Å². The topological polar surface area (TPSA) is 46.2 Å². The number of benzene rings is 1. The van der Waals surface area contributed by atoms with E-state index < -0.39 is 12.5 Å². The molecule has 1 unspecified atom stereocenters. The summed E-state index contributed by atoms with van der Waals surface area (Å²) in [6.45, 7) is 2.59. The summed E-state index contributed by atoms with van der Waals surface area (Å²) in [5.41, 5.74) is 6.06. The first-order valence-electron chi connectivity index (χ1n) is 7.24. The molecule has 0 spiro atoms. The molecule has 0 saturated heterocycles. The van der Waals surface area contributed by atoms with Crippen molar-refractivity contribution in [2.75, 3.05) is 6.54 Å². The minimum atomic E-state index is -2.51. The van der Waals surface area contributed by atoms with E-state index in [1.807, 2.05) is 0 Å². The predicted molar refractivity (Wildman–Crippen MR) is 75.5 cm³/mol. The van der Waals surface area contributed by atoms with Crippen LogP contribution in [0.5, 0.6) is 0 Å². The maximum Gasteiger partial charge on any atom is 0.263 e. The zero-order valence-corrected chi connectivity index (χ0v) is 11.9. The quantitative estimate of drug-likeness (QED) is 0.882. The number of aliphatic hydroxyl groups excluding tert-OH is 1. The van der Waals surface area contributed by atoms with Gasteiger partial charge in [0.15, 0.2) is 0 Å². The van der Waals surface area contributed by atoms with Crippen molar-refractivity contribution in [3.8, 4) is 0 Å². The molecule has 3 N–H and O–H groups in total. The van der Waals surface area contributed by atoms with Crippen molar-refractivity contribution < 1.29 is 13.9 Å². The smallest absolute Gasteiger partial charge is 0.263 e. The van der Waals surface area contributed by atoms with E-state index in [9.17, 15) is 13.9 Å². The number of hydrogen-bond acceptors (Lipinski definition) is 2. The van der Waals surface area contributed by atoms with Crippen LogP contribution in [0.3, 0.4) is 0 Å². The minimum Gasteiger partial charge on any atom is -0.388 e. The highest BCUT2D eigenvalue weighted by atomic mass is 19.3. The van der Waals surface area contributed by atoms with Crippen molar-refractivity contribution in [3.63, 3.8) is 0 Å². The van der Waals surface area contributed by atoms with Gasteiger partial charge in [0, 0.05) is 17.5 Å². The molecule has 0 radical (unpaired) electrons. The Morgan fingerprint density at radius 1 is 1.30 bits per heavy atom. The summed E-state index contributed by atoms with van der Waals surface area (Å²) in [4.78, 5) is 0. The fourth-order valence-electron chi connectivity index (χ4n) is 3.14. The lowest BCUT2D eigenvalue weighted by Crippen LogP contribution is -2.40. The molecular formula is C16H23F2NO. The summed E-state index contributed by atoms with van der Waals surface area (Å²) in [6.07, 6.45) is 0.488. The van der Waals surface area contributed by atoms with Gasteiger partial charge in [-0.1, -0.05) is 38.0 Å². The molecule has 0 amide bonds. The first kappa shape index (κ1) is 15.4. The monoisotopic (exact) mass is 283 g/mol. The van der Waals surface area contributed by atoms with Crippen LogP contribution in [-0.4, -0.2) is 11.7 Å². The van der Waals surface area contributed by atoms with Gasteiger partial charge >= 0.3 is 0 Å². The highest BCUT2D eigenvalue weighted by molar-refractivity contribution is 5.27. The Kier molecular flexibility index (Phi) is 4.76. The van der Waals surface area contributed by atoms with Crippen molar-refractivity contribution in [2.45, 2.75) is 45.1 Å². The molecule has 1 aliphatic carbocycles. The molecule has 2 nitrogen and oxygen atoms in total.